The van der Waals surface area contributed by atoms with Gasteiger partial charge in [0.1, 0.15) is 22.4 Å². The highest BCUT2D eigenvalue weighted by Crippen LogP contribution is 2.35. The van der Waals surface area contributed by atoms with Crippen molar-refractivity contribution in [1.29, 1.82) is 5.26 Å². The number of nitrogens with zero attached hydrogens (tertiary/aromatic N) is 4. The van der Waals surface area contributed by atoms with E-state index in [0.29, 0.717) is 18.7 Å². The molecule has 0 bridgehead atoms. The zero-order valence-corrected chi connectivity index (χ0v) is 18.4. The van der Waals surface area contributed by atoms with Crippen LogP contribution < -0.4 is 10.2 Å². The maximum absolute atomic E-state index is 12.4. The third-order valence-corrected chi connectivity index (χ3v) is 6.40. The summed E-state index contributed by atoms with van der Waals surface area (Å²) >= 11 is 2.72. The Morgan fingerprint density at radius 1 is 1.16 bits per heavy atom. The molecule has 8 heteroatoms. The van der Waals surface area contributed by atoms with Gasteiger partial charge in [-0.05, 0) is 47.7 Å². The van der Waals surface area contributed by atoms with Crippen LogP contribution in [-0.2, 0) is 4.79 Å². The summed E-state index contributed by atoms with van der Waals surface area (Å²) in [5.74, 6) is 0.738. The molecule has 2 heterocycles. The van der Waals surface area contributed by atoms with Crippen molar-refractivity contribution in [1.82, 2.24) is 9.97 Å². The molecule has 1 amide bonds. The van der Waals surface area contributed by atoms with Gasteiger partial charge in [0.2, 0.25) is 5.91 Å². The Kier molecular flexibility index (Phi) is 6.46. The monoisotopic (exact) mass is 445 g/mol. The number of rotatable bonds is 7. The summed E-state index contributed by atoms with van der Waals surface area (Å²) in [4.78, 5) is 26.2. The van der Waals surface area contributed by atoms with Crippen LogP contribution in [0.3, 0.4) is 0 Å². The minimum atomic E-state index is -0.0758. The number of anilines is 2. The summed E-state index contributed by atoms with van der Waals surface area (Å²) in [6.07, 6.45) is 1.90. The molecule has 0 saturated heterocycles. The van der Waals surface area contributed by atoms with Crippen LogP contribution in [-0.4, -0.2) is 29.5 Å². The van der Waals surface area contributed by atoms with Gasteiger partial charge in [0, 0.05) is 35.5 Å². The van der Waals surface area contributed by atoms with Crippen molar-refractivity contribution in [2.75, 3.05) is 23.8 Å². The molecule has 0 fully saturated rings. The number of aromatic nitrogens is 2. The Bertz CT molecular complexity index is 1230. The molecule has 0 unspecified atom stereocenters. The molecule has 0 spiro atoms. The quantitative estimate of drug-likeness (QED) is 0.303. The van der Waals surface area contributed by atoms with E-state index in [1.54, 1.807) is 29.8 Å². The van der Waals surface area contributed by atoms with Crippen molar-refractivity contribution in [3.05, 3.63) is 67.0 Å². The lowest BCUT2D eigenvalue weighted by Crippen LogP contribution is -2.24. The van der Waals surface area contributed by atoms with E-state index < -0.39 is 0 Å². The molecule has 4 aromatic rings. The van der Waals surface area contributed by atoms with E-state index in [4.69, 9.17) is 5.26 Å². The topological polar surface area (TPSA) is 81.9 Å². The van der Waals surface area contributed by atoms with E-state index in [1.807, 2.05) is 47.7 Å². The van der Waals surface area contributed by atoms with Gasteiger partial charge in [-0.15, -0.1) is 11.3 Å². The van der Waals surface area contributed by atoms with Crippen LogP contribution in [0.2, 0.25) is 0 Å². The fourth-order valence-electron chi connectivity index (χ4n) is 3.15. The van der Waals surface area contributed by atoms with Crippen molar-refractivity contribution in [2.24, 2.45) is 0 Å². The van der Waals surface area contributed by atoms with E-state index in [1.165, 1.54) is 0 Å². The fourth-order valence-corrected chi connectivity index (χ4v) is 4.53. The summed E-state index contributed by atoms with van der Waals surface area (Å²) in [5, 5.41) is 14.6. The molecule has 6 nitrogen and oxygen atoms in total. The van der Waals surface area contributed by atoms with E-state index in [-0.39, 0.29) is 5.91 Å². The first-order valence-electron chi connectivity index (χ1n) is 9.61. The van der Waals surface area contributed by atoms with Gasteiger partial charge in [0.05, 0.1) is 5.39 Å². The average molecular weight is 446 g/mol. The largest absolute Gasteiger partial charge is 0.359 e. The molecule has 2 aromatic heterocycles. The number of carbonyl (C=O) groups excluding carboxylic acids is 1. The van der Waals surface area contributed by atoms with Crippen LogP contribution in [0.5, 0.6) is 0 Å². The molecule has 2 aromatic carbocycles. The van der Waals surface area contributed by atoms with Crippen molar-refractivity contribution in [3.63, 3.8) is 0 Å². The number of fused-ring (bicyclic) bond motifs is 1. The van der Waals surface area contributed by atoms with Crippen molar-refractivity contribution in [3.8, 4) is 15.8 Å². The smallest absolute Gasteiger partial charge is 0.226 e. The minimum Gasteiger partial charge on any atom is -0.359 e. The van der Waals surface area contributed by atoms with Crippen molar-refractivity contribution < 1.29 is 4.79 Å². The summed E-state index contributed by atoms with van der Waals surface area (Å²) in [7, 11) is 1.93. The predicted molar refractivity (Wildman–Crippen MR) is 127 cm³/mol. The number of thiophene rings is 1. The third-order valence-electron chi connectivity index (χ3n) is 4.70. The van der Waals surface area contributed by atoms with Crippen molar-refractivity contribution in [2.45, 2.75) is 11.3 Å². The van der Waals surface area contributed by atoms with Crippen LogP contribution >= 0.6 is 23.1 Å². The van der Waals surface area contributed by atoms with Crippen LogP contribution in [0.15, 0.2) is 71.9 Å². The standard InChI is InChI=1S/C23H19N5OS2/c1-28(12-11-21(29)27-17-7-9-18(10-8-17)30-14-24)22-19-13-20(16-5-3-2-4-6-16)31-23(19)26-15-25-22/h2-10,13,15H,11-12H2,1H3,(H,27,29). The zero-order valence-electron chi connectivity index (χ0n) is 16.8. The number of nitriles is 1. The lowest BCUT2D eigenvalue weighted by Gasteiger charge is -2.18. The highest BCUT2D eigenvalue weighted by atomic mass is 32.2. The van der Waals surface area contributed by atoms with Gasteiger partial charge in [-0.2, -0.15) is 5.26 Å². The molecule has 154 valence electrons. The number of amides is 1. The maximum atomic E-state index is 12.4. The zero-order chi connectivity index (χ0) is 21.6. The second kappa shape index (κ2) is 9.60. The maximum Gasteiger partial charge on any atom is 0.226 e. The van der Waals surface area contributed by atoms with Gasteiger partial charge in [-0.25, -0.2) is 9.97 Å². The third kappa shape index (κ3) is 5.02. The first-order valence-corrected chi connectivity index (χ1v) is 11.2. The number of nitrogens with one attached hydrogen (secondary N) is 1. The average Bonchev–Trinajstić information content (AvgIpc) is 3.24. The number of thioether (sulfide) groups is 1. The number of carbonyl (C=O) groups is 1. The lowest BCUT2D eigenvalue weighted by atomic mass is 10.2. The Labute approximate surface area is 188 Å². The molecule has 31 heavy (non-hydrogen) atoms. The second-order valence-corrected chi connectivity index (χ2v) is 8.72. The van der Waals surface area contributed by atoms with Crippen LogP contribution in [0.4, 0.5) is 11.5 Å². The summed E-state index contributed by atoms with van der Waals surface area (Å²) in [6, 6.07) is 19.5. The van der Waals surface area contributed by atoms with Crippen molar-refractivity contribution >= 4 is 50.7 Å². The SMILES string of the molecule is CN(CCC(=O)Nc1ccc(SC#N)cc1)c1ncnc2sc(-c3ccccc3)cc12. The molecular weight excluding hydrogens is 426 g/mol. The van der Waals surface area contributed by atoms with Gasteiger partial charge < -0.3 is 10.2 Å². The predicted octanol–water partition coefficient (Wildman–Crippen LogP) is 5.40. The van der Waals surface area contributed by atoms with E-state index in [9.17, 15) is 4.79 Å². The summed E-state index contributed by atoms with van der Waals surface area (Å²) < 4.78 is 0. The molecule has 0 aliphatic carbocycles. The first-order chi connectivity index (χ1) is 15.1. The molecule has 4 rings (SSSR count). The molecule has 0 aliphatic rings. The van der Waals surface area contributed by atoms with Crippen LogP contribution in [0, 0.1) is 10.7 Å². The van der Waals surface area contributed by atoms with Gasteiger partial charge in [-0.1, -0.05) is 30.3 Å². The molecule has 1 N–H and O–H groups in total. The number of hydrogen-bond acceptors (Lipinski definition) is 7. The molecule has 0 atom stereocenters. The van der Waals surface area contributed by atoms with Gasteiger partial charge in [-0.3, -0.25) is 4.79 Å². The Morgan fingerprint density at radius 2 is 1.94 bits per heavy atom. The highest BCUT2D eigenvalue weighted by Gasteiger charge is 2.14. The number of benzene rings is 2. The summed E-state index contributed by atoms with van der Waals surface area (Å²) in [5.41, 5.74) is 1.86. The van der Waals surface area contributed by atoms with Crippen LogP contribution in [0.1, 0.15) is 6.42 Å². The van der Waals surface area contributed by atoms with Gasteiger partial charge in [0.15, 0.2) is 0 Å². The first kappa shape index (κ1) is 20.8. The van der Waals surface area contributed by atoms with Crippen LogP contribution in [0.25, 0.3) is 20.7 Å². The molecule has 0 radical (unpaired) electrons. The summed E-state index contributed by atoms with van der Waals surface area (Å²) in [6.45, 7) is 0.525. The van der Waals surface area contributed by atoms with Gasteiger partial charge in [0.25, 0.3) is 0 Å². The number of hydrogen-bond donors (Lipinski definition) is 1. The highest BCUT2D eigenvalue weighted by molar-refractivity contribution is 8.03. The lowest BCUT2D eigenvalue weighted by molar-refractivity contribution is -0.116. The Hall–Kier alpha value is -3.41. The van der Waals surface area contributed by atoms with E-state index in [2.05, 4.69) is 33.5 Å². The normalized spacial score (nSPS) is 10.6. The molecular formula is C23H19N5OS2. The van der Waals surface area contributed by atoms with E-state index in [0.717, 1.165) is 43.1 Å². The number of thiocyanates is 1. The second-order valence-electron chi connectivity index (χ2n) is 6.83. The van der Waals surface area contributed by atoms with E-state index >= 15 is 0 Å². The Morgan fingerprint density at radius 3 is 2.68 bits per heavy atom. The van der Waals surface area contributed by atoms with Gasteiger partial charge >= 0.3 is 0 Å². The molecule has 0 aliphatic heterocycles. The minimum absolute atomic E-state index is 0.0758. The Balaban J connectivity index is 1.42. The molecule has 0 saturated carbocycles. The fraction of sp³-hybridized carbons (Fsp3) is 0.130.